The number of carbonyl (C=O) groups excluding carboxylic acids is 1. The lowest BCUT2D eigenvalue weighted by atomic mass is 9.96. The minimum Gasteiger partial charge on any atom is -0.496 e. The van der Waals surface area contributed by atoms with Crippen LogP contribution in [0, 0.1) is 0 Å². The molecule has 6 nitrogen and oxygen atoms in total. The molecule has 31 heavy (non-hydrogen) atoms. The van der Waals surface area contributed by atoms with E-state index in [1.54, 1.807) is 32.5 Å². The summed E-state index contributed by atoms with van der Waals surface area (Å²) in [6.07, 6.45) is 4.28. The molecular weight excluding hydrogens is 394 g/mol. The lowest BCUT2D eigenvalue weighted by molar-refractivity contribution is 0.0742. The molecule has 1 aliphatic rings. The van der Waals surface area contributed by atoms with Crippen LogP contribution in [-0.4, -0.2) is 45.2 Å². The van der Waals surface area contributed by atoms with Crippen LogP contribution in [0.25, 0.3) is 16.7 Å². The van der Waals surface area contributed by atoms with Crippen LogP contribution in [-0.2, 0) is 0 Å². The highest BCUT2D eigenvalue weighted by molar-refractivity contribution is 5.98. The first kappa shape index (κ1) is 20.6. The molecule has 0 atom stereocenters. The summed E-state index contributed by atoms with van der Waals surface area (Å²) in [7, 11) is 4.85. The molecule has 0 bridgehead atoms. The Morgan fingerprint density at radius 1 is 0.968 bits per heavy atom. The number of nitrogens with zero attached hydrogens (tertiary/aromatic N) is 1. The van der Waals surface area contributed by atoms with Gasteiger partial charge in [-0.2, -0.15) is 0 Å². The minimum atomic E-state index is -0.118. The van der Waals surface area contributed by atoms with Crippen molar-refractivity contribution >= 4 is 11.5 Å². The van der Waals surface area contributed by atoms with E-state index in [0.717, 1.165) is 22.3 Å². The van der Waals surface area contributed by atoms with Crippen molar-refractivity contribution in [2.45, 2.75) is 6.42 Å². The number of hydrogen-bond acceptors (Lipinski definition) is 5. The third kappa shape index (κ3) is 4.01. The van der Waals surface area contributed by atoms with Crippen molar-refractivity contribution in [1.82, 2.24) is 4.90 Å². The van der Waals surface area contributed by atoms with Gasteiger partial charge in [-0.15, -0.1) is 0 Å². The number of methoxy groups -OCH3 is 3. The number of ether oxygens (including phenoxy) is 3. The molecule has 0 saturated carbocycles. The van der Waals surface area contributed by atoms with Gasteiger partial charge in [-0.25, -0.2) is 0 Å². The molecule has 0 saturated heterocycles. The number of furan rings is 1. The van der Waals surface area contributed by atoms with Gasteiger partial charge in [0.05, 0.1) is 33.2 Å². The lowest BCUT2D eigenvalue weighted by Crippen LogP contribution is -2.34. The number of benzene rings is 2. The van der Waals surface area contributed by atoms with E-state index in [4.69, 9.17) is 18.6 Å². The normalized spacial score (nSPS) is 13.5. The molecule has 0 radical (unpaired) electrons. The van der Waals surface area contributed by atoms with Gasteiger partial charge in [-0.1, -0.05) is 36.4 Å². The van der Waals surface area contributed by atoms with Gasteiger partial charge in [0, 0.05) is 30.8 Å². The van der Waals surface area contributed by atoms with Crippen molar-refractivity contribution in [2.75, 3.05) is 34.4 Å². The van der Waals surface area contributed by atoms with Gasteiger partial charge < -0.3 is 23.5 Å². The van der Waals surface area contributed by atoms with E-state index in [0.29, 0.717) is 42.5 Å². The summed E-state index contributed by atoms with van der Waals surface area (Å²) in [4.78, 5) is 15.0. The zero-order chi connectivity index (χ0) is 21.8. The third-order valence-corrected chi connectivity index (χ3v) is 5.48. The molecule has 0 aliphatic carbocycles. The van der Waals surface area contributed by atoms with E-state index >= 15 is 0 Å². The number of amides is 1. The first-order valence-electron chi connectivity index (χ1n) is 10.1. The monoisotopic (exact) mass is 419 g/mol. The Morgan fingerprint density at radius 3 is 2.26 bits per heavy atom. The molecule has 1 aromatic heterocycles. The van der Waals surface area contributed by atoms with Crippen LogP contribution in [0.5, 0.6) is 17.2 Å². The molecule has 160 valence electrons. The summed E-state index contributed by atoms with van der Waals surface area (Å²) in [6, 6.07) is 15.3. The second-order valence-corrected chi connectivity index (χ2v) is 7.17. The summed E-state index contributed by atoms with van der Waals surface area (Å²) in [5, 5.41) is 0. The standard InChI is InChI=1S/C25H25NO5/c1-28-19-15-21(29-2)23(22(16-19)30-3)18-9-12-26(13-10-18)25(27)24-20(11-14-31-24)17-7-5-4-6-8-17/h4-9,11,14-16H,10,12-13H2,1-3H3. The van der Waals surface area contributed by atoms with Crippen LogP contribution >= 0.6 is 0 Å². The van der Waals surface area contributed by atoms with Crippen LogP contribution in [0.4, 0.5) is 0 Å². The van der Waals surface area contributed by atoms with Crippen LogP contribution in [0.1, 0.15) is 22.5 Å². The second kappa shape index (κ2) is 9.00. The second-order valence-electron chi connectivity index (χ2n) is 7.17. The highest BCUT2D eigenvalue weighted by Gasteiger charge is 2.26. The van der Waals surface area contributed by atoms with E-state index in [9.17, 15) is 4.79 Å². The molecule has 0 spiro atoms. The molecule has 3 aromatic rings. The van der Waals surface area contributed by atoms with Gasteiger partial charge in [-0.05, 0) is 23.6 Å². The van der Waals surface area contributed by atoms with Crippen molar-refractivity contribution < 1.29 is 23.4 Å². The fourth-order valence-electron chi connectivity index (χ4n) is 3.87. The first-order valence-corrected chi connectivity index (χ1v) is 10.1. The zero-order valence-corrected chi connectivity index (χ0v) is 17.9. The third-order valence-electron chi connectivity index (χ3n) is 5.48. The quantitative estimate of drug-likeness (QED) is 0.569. The molecule has 0 N–H and O–H groups in total. The van der Waals surface area contributed by atoms with Crippen molar-refractivity contribution in [1.29, 1.82) is 0 Å². The highest BCUT2D eigenvalue weighted by Crippen LogP contribution is 2.41. The maximum absolute atomic E-state index is 13.2. The lowest BCUT2D eigenvalue weighted by Gasteiger charge is -2.27. The topological polar surface area (TPSA) is 61.1 Å². The van der Waals surface area contributed by atoms with Crippen molar-refractivity contribution in [3.63, 3.8) is 0 Å². The predicted octanol–water partition coefficient (Wildman–Crippen LogP) is 4.90. The molecule has 2 aromatic carbocycles. The number of hydrogen-bond donors (Lipinski definition) is 0. The molecule has 0 unspecified atom stereocenters. The Bertz CT molecular complexity index is 1080. The Balaban J connectivity index is 1.59. The van der Waals surface area contributed by atoms with Crippen molar-refractivity contribution in [3.05, 3.63) is 72.2 Å². The molecular formula is C25H25NO5. The fourth-order valence-corrected chi connectivity index (χ4v) is 3.87. The maximum Gasteiger partial charge on any atom is 0.290 e. The SMILES string of the molecule is COc1cc(OC)c(C2=CCN(C(=O)c3occc3-c3ccccc3)CC2)c(OC)c1. The van der Waals surface area contributed by atoms with Crippen LogP contribution in [0.15, 0.2) is 65.3 Å². The molecule has 4 rings (SSSR count). The maximum atomic E-state index is 13.2. The van der Waals surface area contributed by atoms with Gasteiger partial charge in [0.25, 0.3) is 5.91 Å². The van der Waals surface area contributed by atoms with Gasteiger partial charge in [0.1, 0.15) is 17.2 Å². The molecule has 1 aliphatic heterocycles. The van der Waals surface area contributed by atoms with Gasteiger partial charge >= 0.3 is 0 Å². The van der Waals surface area contributed by atoms with Crippen molar-refractivity contribution in [2.24, 2.45) is 0 Å². The average Bonchev–Trinajstić information content (AvgIpc) is 3.33. The molecule has 0 fully saturated rings. The summed E-state index contributed by atoms with van der Waals surface area (Å²) < 4.78 is 22.1. The Hall–Kier alpha value is -3.67. The highest BCUT2D eigenvalue weighted by atomic mass is 16.5. The molecule has 2 heterocycles. The van der Waals surface area contributed by atoms with Crippen LogP contribution in [0.3, 0.4) is 0 Å². The van der Waals surface area contributed by atoms with E-state index in [1.165, 1.54) is 0 Å². The van der Waals surface area contributed by atoms with Gasteiger partial charge in [0.2, 0.25) is 0 Å². The Kier molecular flexibility index (Phi) is 5.98. The zero-order valence-electron chi connectivity index (χ0n) is 17.9. The van der Waals surface area contributed by atoms with E-state index in [-0.39, 0.29) is 5.91 Å². The molecule has 1 amide bonds. The number of carbonyl (C=O) groups is 1. The average molecular weight is 419 g/mol. The van der Waals surface area contributed by atoms with Gasteiger partial charge in [-0.3, -0.25) is 4.79 Å². The summed E-state index contributed by atoms with van der Waals surface area (Å²) in [5.74, 6) is 2.27. The minimum absolute atomic E-state index is 0.118. The van der Waals surface area contributed by atoms with Crippen LogP contribution in [0.2, 0.25) is 0 Å². The van der Waals surface area contributed by atoms with Gasteiger partial charge in [0.15, 0.2) is 5.76 Å². The summed E-state index contributed by atoms with van der Waals surface area (Å²) >= 11 is 0. The largest absolute Gasteiger partial charge is 0.496 e. The Labute approximate surface area is 181 Å². The Morgan fingerprint density at radius 2 is 1.68 bits per heavy atom. The smallest absolute Gasteiger partial charge is 0.290 e. The first-order chi connectivity index (χ1) is 15.2. The van der Waals surface area contributed by atoms with Crippen molar-refractivity contribution in [3.8, 4) is 28.4 Å². The van der Waals surface area contributed by atoms with Crippen LogP contribution < -0.4 is 14.2 Å². The van der Waals surface area contributed by atoms with E-state index in [2.05, 4.69) is 0 Å². The summed E-state index contributed by atoms with van der Waals surface area (Å²) in [5.41, 5.74) is 3.73. The van der Waals surface area contributed by atoms with E-state index in [1.807, 2.05) is 54.6 Å². The van der Waals surface area contributed by atoms with E-state index < -0.39 is 0 Å². The summed E-state index contributed by atoms with van der Waals surface area (Å²) in [6.45, 7) is 1.04. The number of rotatable bonds is 6. The predicted molar refractivity (Wildman–Crippen MR) is 119 cm³/mol. The fraction of sp³-hybridized carbons (Fsp3) is 0.240. The molecule has 6 heteroatoms.